The highest BCUT2D eigenvalue weighted by Crippen LogP contribution is 2.07. The van der Waals surface area contributed by atoms with Gasteiger partial charge in [0.05, 0.1) is 13.3 Å². The predicted molar refractivity (Wildman–Crippen MR) is 67.1 cm³/mol. The molecular weight excluding hydrogens is 245 g/mol. The maximum absolute atomic E-state index is 11.5. The molecule has 2 nitrogen and oxygen atoms in total. The lowest BCUT2D eigenvalue weighted by Crippen LogP contribution is -1.97. The van der Waals surface area contributed by atoms with E-state index in [2.05, 4.69) is 24.8 Å². The first kappa shape index (κ1) is 19.1. The van der Waals surface area contributed by atoms with Gasteiger partial charge in [-0.3, -0.25) is 4.39 Å². The van der Waals surface area contributed by atoms with E-state index in [-0.39, 0.29) is 19.0 Å². The molecule has 106 valence electrons. The molecule has 0 radical (unpaired) electrons. The second-order valence-corrected chi connectivity index (χ2v) is 3.32. The molecule has 0 saturated heterocycles. The zero-order chi connectivity index (χ0) is 14.4. The van der Waals surface area contributed by atoms with Crippen LogP contribution in [-0.2, 0) is 4.74 Å². The van der Waals surface area contributed by atoms with Crippen LogP contribution in [0, 0.1) is 0 Å². The number of aliphatic hydroxyl groups is 1. The van der Waals surface area contributed by atoms with Gasteiger partial charge in [0.25, 0.3) is 0 Å². The van der Waals surface area contributed by atoms with Gasteiger partial charge in [0.15, 0.2) is 0 Å². The highest BCUT2D eigenvalue weighted by molar-refractivity contribution is 5.24. The zero-order valence-corrected chi connectivity index (χ0v) is 10.7. The molecule has 0 amide bonds. The first-order chi connectivity index (χ1) is 8.51. The molecule has 18 heavy (non-hydrogen) atoms. The number of allylic oxidation sites excluding steroid dienone is 1. The number of halogens is 3. The highest BCUT2D eigenvalue weighted by atomic mass is 19.3. The van der Waals surface area contributed by atoms with Crippen LogP contribution in [0.25, 0.3) is 0 Å². The Morgan fingerprint density at radius 3 is 2.28 bits per heavy atom. The van der Waals surface area contributed by atoms with Gasteiger partial charge in [0, 0.05) is 0 Å². The van der Waals surface area contributed by atoms with Gasteiger partial charge in [0.1, 0.15) is 5.76 Å². The fourth-order valence-electron chi connectivity index (χ4n) is 0.869. The van der Waals surface area contributed by atoms with Crippen LogP contribution in [0.1, 0.15) is 26.2 Å². The number of alkyl halides is 3. The Morgan fingerprint density at radius 2 is 2.00 bits per heavy atom. The summed E-state index contributed by atoms with van der Waals surface area (Å²) in [5.74, 6) is -0.200. The second-order valence-electron chi connectivity index (χ2n) is 3.32. The molecule has 0 aromatic carbocycles. The lowest BCUT2D eigenvalue weighted by molar-refractivity contribution is -0.0916. The van der Waals surface area contributed by atoms with Gasteiger partial charge in [-0.25, -0.2) is 0 Å². The average Bonchev–Trinajstić information content (AvgIpc) is 2.33. The van der Waals surface area contributed by atoms with E-state index < -0.39 is 6.61 Å². The Hall–Kier alpha value is -1.23. The maximum atomic E-state index is 11.5. The summed E-state index contributed by atoms with van der Waals surface area (Å²) in [6.07, 6.45) is 5.43. The van der Waals surface area contributed by atoms with Crippen molar-refractivity contribution >= 4 is 0 Å². The fourth-order valence-corrected chi connectivity index (χ4v) is 0.869. The molecule has 0 rings (SSSR count). The van der Waals surface area contributed by atoms with Gasteiger partial charge in [-0.1, -0.05) is 39.0 Å². The van der Waals surface area contributed by atoms with E-state index in [9.17, 15) is 13.2 Å². The zero-order valence-electron chi connectivity index (χ0n) is 10.7. The van der Waals surface area contributed by atoms with Crippen LogP contribution in [-0.4, -0.2) is 25.0 Å². The summed E-state index contributed by atoms with van der Waals surface area (Å²) in [6, 6.07) is 0. The highest BCUT2D eigenvalue weighted by Gasteiger charge is 2.02. The molecule has 5 heteroatoms. The molecule has 0 saturated carbocycles. The fraction of sp³-hybridized carbons (Fsp3) is 0.538. The Bertz CT molecular complexity index is 247. The van der Waals surface area contributed by atoms with Crippen LogP contribution in [0.4, 0.5) is 13.2 Å². The van der Waals surface area contributed by atoms with Gasteiger partial charge in [0.2, 0.25) is 0 Å². The van der Waals surface area contributed by atoms with Gasteiger partial charge >= 0.3 is 6.61 Å². The predicted octanol–water partition coefficient (Wildman–Crippen LogP) is 3.99. The quantitative estimate of drug-likeness (QED) is 0.409. The lowest BCUT2D eigenvalue weighted by atomic mass is 10.2. The molecule has 0 bridgehead atoms. The smallest absolute Gasteiger partial charge is 0.387 e. The molecular formula is C13H21F3O2. The summed E-state index contributed by atoms with van der Waals surface area (Å²) in [5.41, 5.74) is 0.376. The molecule has 0 aliphatic rings. The molecule has 0 aliphatic carbocycles. The average molecular weight is 266 g/mol. The number of hydrogen-bond donors (Lipinski definition) is 1. The molecule has 1 N–H and O–H groups in total. The van der Waals surface area contributed by atoms with Crippen molar-refractivity contribution < 1.29 is 23.0 Å². The Morgan fingerprint density at radius 1 is 1.39 bits per heavy atom. The van der Waals surface area contributed by atoms with Crippen molar-refractivity contribution in [2.45, 2.75) is 32.8 Å². The third-order valence-electron chi connectivity index (χ3n) is 1.77. The van der Waals surface area contributed by atoms with Gasteiger partial charge < -0.3 is 9.84 Å². The molecule has 0 spiro atoms. The minimum absolute atomic E-state index is 0.145. The van der Waals surface area contributed by atoms with E-state index in [0.717, 1.165) is 19.3 Å². The summed E-state index contributed by atoms with van der Waals surface area (Å²) in [5, 5.41) is 8.59. The standard InChI is InChI=1S/C8H10F2O2.C5H11F/c1-3-7(5-11)4-6(2)12-8(9)10;1-2-3-4-5-6/h3-4,8,11H,1-2,5H2;2-5H2,1H3/b7-4+;. The van der Waals surface area contributed by atoms with Crippen molar-refractivity contribution in [2.75, 3.05) is 13.3 Å². The van der Waals surface area contributed by atoms with Crippen molar-refractivity contribution in [3.8, 4) is 0 Å². The summed E-state index contributed by atoms with van der Waals surface area (Å²) in [7, 11) is 0. The van der Waals surface area contributed by atoms with Gasteiger partial charge in [-0.2, -0.15) is 8.78 Å². The van der Waals surface area contributed by atoms with Gasteiger partial charge in [-0.05, 0) is 18.1 Å². The monoisotopic (exact) mass is 266 g/mol. The van der Waals surface area contributed by atoms with Crippen molar-refractivity contribution in [1.29, 1.82) is 0 Å². The second kappa shape index (κ2) is 13.8. The third-order valence-corrected chi connectivity index (χ3v) is 1.77. The molecule has 0 heterocycles. The van der Waals surface area contributed by atoms with E-state index >= 15 is 0 Å². The molecule has 0 unspecified atom stereocenters. The Kier molecular flexibility index (Phi) is 14.7. The first-order valence-corrected chi connectivity index (χ1v) is 5.65. The SMILES string of the molecule is C=C/C(=C\C(=C)OC(F)F)CO.CCCCCF. The van der Waals surface area contributed by atoms with Crippen LogP contribution in [0.15, 0.2) is 36.6 Å². The van der Waals surface area contributed by atoms with E-state index in [0.29, 0.717) is 5.57 Å². The summed E-state index contributed by atoms with van der Waals surface area (Å²) >= 11 is 0. The summed E-state index contributed by atoms with van der Waals surface area (Å²) in [6.45, 7) is 5.29. The van der Waals surface area contributed by atoms with Crippen LogP contribution in [0.5, 0.6) is 0 Å². The van der Waals surface area contributed by atoms with E-state index in [1.807, 2.05) is 0 Å². The van der Waals surface area contributed by atoms with Crippen LogP contribution < -0.4 is 0 Å². The lowest BCUT2D eigenvalue weighted by Gasteiger charge is -2.03. The van der Waals surface area contributed by atoms with Crippen molar-refractivity contribution in [2.24, 2.45) is 0 Å². The maximum Gasteiger partial charge on any atom is 0.387 e. The summed E-state index contributed by atoms with van der Waals surface area (Å²) in [4.78, 5) is 0. The topological polar surface area (TPSA) is 29.5 Å². The number of ether oxygens (including phenoxy) is 1. The minimum Gasteiger partial charge on any atom is -0.435 e. The van der Waals surface area contributed by atoms with Crippen LogP contribution in [0.2, 0.25) is 0 Å². The van der Waals surface area contributed by atoms with E-state index in [1.165, 1.54) is 12.2 Å². The van der Waals surface area contributed by atoms with Crippen molar-refractivity contribution in [3.63, 3.8) is 0 Å². The molecule has 0 aliphatic heterocycles. The number of rotatable bonds is 8. The summed E-state index contributed by atoms with van der Waals surface area (Å²) < 4.78 is 38.2. The van der Waals surface area contributed by atoms with Crippen molar-refractivity contribution in [3.05, 3.63) is 36.6 Å². The Labute approximate surface area is 106 Å². The van der Waals surface area contributed by atoms with Crippen LogP contribution >= 0.6 is 0 Å². The number of unbranched alkanes of at least 4 members (excludes halogenated alkanes) is 2. The minimum atomic E-state index is -2.89. The third kappa shape index (κ3) is 14.8. The van der Waals surface area contributed by atoms with Crippen LogP contribution in [0.3, 0.4) is 0 Å². The molecule has 0 aromatic heterocycles. The number of aliphatic hydroxyl groups excluding tert-OH is 1. The van der Waals surface area contributed by atoms with Crippen molar-refractivity contribution in [1.82, 2.24) is 0 Å². The largest absolute Gasteiger partial charge is 0.435 e. The normalized spacial score (nSPS) is 10.7. The molecule has 0 atom stereocenters. The van der Waals surface area contributed by atoms with E-state index in [1.54, 1.807) is 0 Å². The molecule has 0 aromatic rings. The Balaban J connectivity index is 0. The molecule has 0 fully saturated rings. The number of hydrogen-bond acceptors (Lipinski definition) is 2. The van der Waals surface area contributed by atoms with E-state index in [4.69, 9.17) is 5.11 Å². The van der Waals surface area contributed by atoms with Gasteiger partial charge in [-0.15, -0.1) is 0 Å². The first-order valence-electron chi connectivity index (χ1n) is 5.65.